The first kappa shape index (κ1) is 19.4. The number of ether oxygens (including phenoxy) is 1. The summed E-state index contributed by atoms with van der Waals surface area (Å²) in [6.45, 7) is 4.78. The lowest BCUT2D eigenvalue weighted by molar-refractivity contribution is -0.0792. The molecule has 0 bridgehead atoms. The van der Waals surface area contributed by atoms with Crippen LogP contribution >= 0.6 is 0 Å². The van der Waals surface area contributed by atoms with E-state index in [9.17, 15) is 13.6 Å². The van der Waals surface area contributed by atoms with E-state index in [1.807, 2.05) is 0 Å². The number of rotatable bonds is 5. The number of halogens is 2. The van der Waals surface area contributed by atoms with Crippen molar-refractivity contribution in [3.63, 3.8) is 0 Å². The Kier molecular flexibility index (Phi) is 5.55. The van der Waals surface area contributed by atoms with Gasteiger partial charge in [-0.15, -0.1) is 0 Å². The van der Waals surface area contributed by atoms with Gasteiger partial charge >= 0.3 is 0 Å². The summed E-state index contributed by atoms with van der Waals surface area (Å²) in [6.07, 6.45) is 4.51. The molecule has 1 N–H and O–H groups in total. The third-order valence-corrected chi connectivity index (χ3v) is 5.39. The summed E-state index contributed by atoms with van der Waals surface area (Å²) >= 11 is 0. The van der Waals surface area contributed by atoms with Gasteiger partial charge in [0.05, 0.1) is 11.7 Å². The number of nitrogens with zero attached hydrogens (tertiary/aromatic N) is 3. The summed E-state index contributed by atoms with van der Waals surface area (Å²) in [4.78, 5) is 16.6. The number of carbonyl (C=O) groups is 1. The number of nitrogens with one attached hydrogen (secondary N) is 1. The SMILES string of the molecule is CO[C@@H]1[C@H](Cn2cncn2)[C@H](NC(=O)c2ccc(F)cc2F)CCC1(C)C. The zero-order valence-electron chi connectivity index (χ0n) is 15.7. The fourth-order valence-corrected chi connectivity index (χ4v) is 4.03. The van der Waals surface area contributed by atoms with Gasteiger partial charge in [0, 0.05) is 31.7 Å². The molecule has 1 fully saturated rings. The van der Waals surface area contributed by atoms with E-state index >= 15 is 0 Å². The summed E-state index contributed by atoms with van der Waals surface area (Å²) in [5.74, 6) is -2.23. The average molecular weight is 378 g/mol. The molecule has 146 valence electrons. The summed E-state index contributed by atoms with van der Waals surface area (Å²) in [5, 5.41) is 7.08. The second-order valence-corrected chi connectivity index (χ2v) is 7.67. The van der Waals surface area contributed by atoms with Crippen molar-refractivity contribution < 1.29 is 18.3 Å². The Bertz CT molecular complexity index is 795. The molecule has 0 unspecified atom stereocenters. The van der Waals surface area contributed by atoms with Gasteiger partial charge in [-0.2, -0.15) is 5.10 Å². The quantitative estimate of drug-likeness (QED) is 0.869. The van der Waals surface area contributed by atoms with Gasteiger partial charge in [-0.25, -0.2) is 13.8 Å². The Balaban J connectivity index is 1.83. The molecule has 1 heterocycles. The van der Waals surface area contributed by atoms with Crippen molar-refractivity contribution >= 4 is 5.91 Å². The van der Waals surface area contributed by atoms with Gasteiger partial charge in [0.1, 0.15) is 24.3 Å². The van der Waals surface area contributed by atoms with E-state index in [4.69, 9.17) is 4.74 Å². The second-order valence-electron chi connectivity index (χ2n) is 7.67. The molecule has 0 radical (unpaired) electrons. The number of hydrogen-bond acceptors (Lipinski definition) is 4. The van der Waals surface area contributed by atoms with Crippen LogP contribution < -0.4 is 5.32 Å². The van der Waals surface area contributed by atoms with Crippen LogP contribution in [0.5, 0.6) is 0 Å². The minimum atomic E-state index is -0.875. The molecule has 2 aromatic rings. The summed E-state index contributed by atoms with van der Waals surface area (Å²) in [6, 6.07) is 2.72. The minimum absolute atomic E-state index is 0.0760. The van der Waals surface area contributed by atoms with E-state index in [1.165, 1.54) is 6.33 Å². The number of hydrogen-bond donors (Lipinski definition) is 1. The van der Waals surface area contributed by atoms with Crippen LogP contribution in [0.25, 0.3) is 0 Å². The molecule has 3 atom stereocenters. The van der Waals surface area contributed by atoms with Gasteiger partial charge in [-0.3, -0.25) is 9.48 Å². The molecular weight excluding hydrogens is 354 g/mol. The van der Waals surface area contributed by atoms with Crippen LogP contribution in [0, 0.1) is 23.0 Å². The van der Waals surface area contributed by atoms with Gasteiger partial charge in [0.15, 0.2) is 0 Å². The third kappa shape index (κ3) is 4.16. The number of carbonyl (C=O) groups excluding carboxylic acids is 1. The third-order valence-electron chi connectivity index (χ3n) is 5.39. The molecule has 0 aliphatic heterocycles. The number of aromatic nitrogens is 3. The maximum atomic E-state index is 14.0. The average Bonchev–Trinajstić information content (AvgIpc) is 3.10. The first-order chi connectivity index (χ1) is 12.8. The Hall–Kier alpha value is -2.35. The topological polar surface area (TPSA) is 69.0 Å². The number of amides is 1. The summed E-state index contributed by atoms with van der Waals surface area (Å²) in [7, 11) is 1.66. The Morgan fingerprint density at radius 2 is 2.19 bits per heavy atom. The fraction of sp³-hybridized carbons (Fsp3) is 0.526. The monoisotopic (exact) mass is 378 g/mol. The molecule has 0 spiro atoms. The van der Waals surface area contributed by atoms with E-state index in [-0.39, 0.29) is 29.0 Å². The predicted octanol–water partition coefficient (Wildman–Crippen LogP) is 2.81. The standard InChI is InChI=1S/C19H24F2N4O2/c1-19(2)7-6-16(14(17(19)27-3)9-25-11-22-10-23-25)24-18(26)13-5-4-12(20)8-15(13)21/h4-5,8,10-11,14,16-17H,6-7,9H2,1-3H3,(H,24,26)/t14-,16-,17-/m1/s1. The number of benzene rings is 1. The van der Waals surface area contributed by atoms with Crippen molar-refractivity contribution in [1.29, 1.82) is 0 Å². The molecule has 8 heteroatoms. The van der Waals surface area contributed by atoms with Crippen molar-refractivity contribution in [2.75, 3.05) is 7.11 Å². The highest BCUT2D eigenvalue weighted by molar-refractivity contribution is 5.94. The Morgan fingerprint density at radius 3 is 2.81 bits per heavy atom. The number of methoxy groups -OCH3 is 1. The van der Waals surface area contributed by atoms with Crippen molar-refractivity contribution in [2.45, 2.75) is 45.4 Å². The van der Waals surface area contributed by atoms with E-state index in [0.29, 0.717) is 12.6 Å². The normalized spacial score (nSPS) is 24.6. The zero-order valence-corrected chi connectivity index (χ0v) is 15.7. The molecule has 1 aromatic heterocycles. The second kappa shape index (κ2) is 7.72. The molecule has 1 saturated carbocycles. The predicted molar refractivity (Wildman–Crippen MR) is 94.9 cm³/mol. The molecular formula is C19H24F2N4O2. The van der Waals surface area contributed by atoms with Crippen molar-refractivity contribution in [1.82, 2.24) is 20.1 Å². The molecule has 3 rings (SSSR count). The maximum absolute atomic E-state index is 14.0. The van der Waals surface area contributed by atoms with E-state index in [0.717, 1.165) is 25.0 Å². The van der Waals surface area contributed by atoms with Crippen LogP contribution in [0.15, 0.2) is 30.9 Å². The lowest BCUT2D eigenvalue weighted by atomic mass is 9.67. The highest BCUT2D eigenvalue weighted by atomic mass is 19.1. The maximum Gasteiger partial charge on any atom is 0.254 e. The highest BCUT2D eigenvalue weighted by Crippen LogP contribution is 2.41. The van der Waals surface area contributed by atoms with Crippen molar-refractivity contribution in [3.8, 4) is 0 Å². The van der Waals surface area contributed by atoms with E-state index in [2.05, 4.69) is 29.2 Å². The molecule has 6 nitrogen and oxygen atoms in total. The Labute approximate surface area is 156 Å². The highest BCUT2D eigenvalue weighted by Gasteiger charge is 2.45. The van der Waals surface area contributed by atoms with Gasteiger partial charge < -0.3 is 10.1 Å². The van der Waals surface area contributed by atoms with Crippen LogP contribution in [0.3, 0.4) is 0 Å². The van der Waals surface area contributed by atoms with Gasteiger partial charge in [-0.1, -0.05) is 13.8 Å². The van der Waals surface area contributed by atoms with Crippen molar-refractivity contribution in [3.05, 3.63) is 48.1 Å². The molecule has 1 amide bonds. The lowest BCUT2D eigenvalue weighted by Crippen LogP contribution is -2.55. The summed E-state index contributed by atoms with van der Waals surface area (Å²) < 4.78 is 34.6. The molecule has 1 aromatic carbocycles. The lowest BCUT2D eigenvalue weighted by Gasteiger charge is -2.47. The van der Waals surface area contributed by atoms with Gasteiger partial charge in [0.25, 0.3) is 5.91 Å². The molecule has 1 aliphatic rings. The summed E-state index contributed by atoms with van der Waals surface area (Å²) in [5.41, 5.74) is -0.253. The van der Waals surface area contributed by atoms with Gasteiger partial charge in [-0.05, 0) is 30.4 Å². The van der Waals surface area contributed by atoms with Crippen LogP contribution in [0.4, 0.5) is 8.78 Å². The largest absolute Gasteiger partial charge is 0.380 e. The smallest absolute Gasteiger partial charge is 0.254 e. The van der Waals surface area contributed by atoms with E-state index in [1.54, 1.807) is 18.1 Å². The van der Waals surface area contributed by atoms with Crippen LogP contribution in [-0.2, 0) is 11.3 Å². The zero-order chi connectivity index (χ0) is 19.6. The Morgan fingerprint density at radius 1 is 1.41 bits per heavy atom. The van der Waals surface area contributed by atoms with Gasteiger partial charge in [0.2, 0.25) is 0 Å². The minimum Gasteiger partial charge on any atom is -0.380 e. The van der Waals surface area contributed by atoms with Crippen LogP contribution in [0.1, 0.15) is 37.0 Å². The molecule has 0 saturated heterocycles. The van der Waals surface area contributed by atoms with Crippen LogP contribution in [-0.4, -0.2) is 39.9 Å². The van der Waals surface area contributed by atoms with Crippen LogP contribution in [0.2, 0.25) is 0 Å². The van der Waals surface area contributed by atoms with Crippen molar-refractivity contribution in [2.24, 2.45) is 11.3 Å². The fourth-order valence-electron chi connectivity index (χ4n) is 4.03. The first-order valence-electron chi connectivity index (χ1n) is 8.93. The first-order valence-corrected chi connectivity index (χ1v) is 8.93. The molecule has 27 heavy (non-hydrogen) atoms. The van der Waals surface area contributed by atoms with E-state index < -0.39 is 17.5 Å². The molecule has 1 aliphatic carbocycles.